The normalized spacial score (nSPS) is 29.7. The molecule has 0 saturated carbocycles. The van der Waals surface area contributed by atoms with E-state index in [-0.39, 0.29) is 0 Å². The fourth-order valence-electron chi connectivity index (χ4n) is 10.8. The summed E-state index contributed by atoms with van der Waals surface area (Å²) in [6.07, 6.45) is 50.2. The highest BCUT2D eigenvalue weighted by Gasteiger charge is 2.43. The molecule has 2 aromatic rings. The quantitative estimate of drug-likeness (QED) is 0.317. The number of fused-ring (bicyclic) bond motifs is 7. The molecule has 0 N–H and O–H groups in total. The number of benzene rings is 1. The molecule has 3 heterocycles. The van der Waals surface area contributed by atoms with E-state index in [1.165, 1.54) is 88.4 Å². The van der Waals surface area contributed by atoms with Crippen molar-refractivity contribution < 1.29 is 0 Å². The van der Waals surface area contributed by atoms with Gasteiger partial charge >= 0.3 is 0 Å². The van der Waals surface area contributed by atoms with Crippen LogP contribution in [0, 0.1) is 11.8 Å². The molecule has 0 spiro atoms. The lowest BCUT2D eigenvalue weighted by molar-refractivity contribution is 0.361. The molecule has 2 aliphatic heterocycles. The van der Waals surface area contributed by atoms with Crippen molar-refractivity contribution in [2.24, 2.45) is 11.8 Å². The van der Waals surface area contributed by atoms with Gasteiger partial charge in [-0.05, 0) is 122 Å². The van der Waals surface area contributed by atoms with Gasteiger partial charge in [0.1, 0.15) is 0 Å². The van der Waals surface area contributed by atoms with Crippen molar-refractivity contribution in [1.29, 1.82) is 0 Å². The average molecular weight is 683 g/mol. The van der Waals surface area contributed by atoms with Gasteiger partial charge in [0, 0.05) is 56.4 Å². The van der Waals surface area contributed by atoms with Crippen LogP contribution in [0.1, 0.15) is 104 Å². The molecule has 1 aromatic heterocycles. The summed E-state index contributed by atoms with van der Waals surface area (Å²) in [4.78, 5) is 4.26. The number of nitrogens with zero attached hydrogens (tertiary/aromatic N) is 2. The monoisotopic (exact) mass is 682 g/mol. The summed E-state index contributed by atoms with van der Waals surface area (Å²) in [7, 11) is 0. The fourth-order valence-corrected chi connectivity index (χ4v) is 12.2. The van der Waals surface area contributed by atoms with E-state index in [2.05, 4.69) is 137 Å². The van der Waals surface area contributed by atoms with Gasteiger partial charge in [-0.25, -0.2) is 0 Å². The Morgan fingerprint density at radius 1 is 0.725 bits per heavy atom. The number of aromatic nitrogens is 1. The van der Waals surface area contributed by atoms with Crippen molar-refractivity contribution in [2.75, 3.05) is 0 Å². The minimum atomic E-state index is 0.328. The van der Waals surface area contributed by atoms with Gasteiger partial charge in [0.2, 0.25) is 0 Å². The first-order chi connectivity index (χ1) is 25.3. The van der Waals surface area contributed by atoms with Crippen LogP contribution >= 0.6 is 11.8 Å². The topological polar surface area (TPSA) is 8.17 Å². The summed E-state index contributed by atoms with van der Waals surface area (Å²) in [5, 5.41) is 0.553. The third kappa shape index (κ3) is 4.76. The molecule has 0 amide bonds. The maximum absolute atomic E-state index is 2.73. The van der Waals surface area contributed by atoms with Crippen LogP contribution in [0.25, 0.3) is 23.4 Å². The van der Waals surface area contributed by atoms with Gasteiger partial charge < -0.3 is 9.47 Å². The molecule has 254 valence electrons. The van der Waals surface area contributed by atoms with Crippen LogP contribution in [0.15, 0.2) is 131 Å². The molecule has 0 saturated heterocycles. The van der Waals surface area contributed by atoms with Crippen LogP contribution in [0.4, 0.5) is 0 Å². The zero-order valence-corrected chi connectivity index (χ0v) is 30.3. The SMILES string of the molecule is C1=CC2=C(CC1)C1C=C(N3C4=C(C=CCC4)C4C=C(c5ccccc5C5CC=Cc6c5c5c(n6C6=CCCCC6)CCC=C5)C=CC43)C=CC1S2. The Labute approximate surface area is 307 Å². The van der Waals surface area contributed by atoms with Gasteiger partial charge in [-0.1, -0.05) is 103 Å². The second-order valence-electron chi connectivity index (χ2n) is 15.8. The van der Waals surface area contributed by atoms with E-state index >= 15 is 0 Å². The van der Waals surface area contributed by atoms with Crippen molar-refractivity contribution in [2.45, 2.75) is 87.8 Å². The van der Waals surface area contributed by atoms with E-state index in [1.54, 1.807) is 22.5 Å². The summed E-state index contributed by atoms with van der Waals surface area (Å²) >= 11 is 2.08. The highest BCUT2D eigenvalue weighted by molar-refractivity contribution is 8.04. The van der Waals surface area contributed by atoms with Gasteiger partial charge in [-0.2, -0.15) is 0 Å². The molecule has 0 radical (unpaired) electrons. The smallest absolute Gasteiger partial charge is 0.0626 e. The highest BCUT2D eigenvalue weighted by atomic mass is 32.2. The van der Waals surface area contributed by atoms with Crippen molar-refractivity contribution in [3.05, 3.63) is 164 Å². The lowest BCUT2D eigenvalue weighted by atomic mass is 9.77. The van der Waals surface area contributed by atoms with Crippen LogP contribution in [-0.4, -0.2) is 20.8 Å². The van der Waals surface area contributed by atoms with Crippen LogP contribution in [0.3, 0.4) is 0 Å². The Morgan fingerprint density at radius 3 is 2.59 bits per heavy atom. The second kappa shape index (κ2) is 12.2. The van der Waals surface area contributed by atoms with Gasteiger partial charge in [0.15, 0.2) is 0 Å². The fraction of sp³-hybridized carbons (Fsp3) is 0.333. The lowest BCUT2D eigenvalue weighted by Crippen LogP contribution is -2.33. The van der Waals surface area contributed by atoms with Crippen molar-refractivity contribution >= 4 is 35.2 Å². The number of rotatable bonds is 4. The van der Waals surface area contributed by atoms with Crippen LogP contribution < -0.4 is 0 Å². The molecular formula is C48H46N2S. The molecule has 0 bridgehead atoms. The molecule has 2 nitrogen and oxygen atoms in total. The Kier molecular flexibility index (Phi) is 7.27. The minimum Gasteiger partial charge on any atom is -0.337 e. The molecule has 5 unspecified atom stereocenters. The summed E-state index contributed by atoms with van der Waals surface area (Å²) in [5.74, 6) is 1.24. The molecule has 0 fully saturated rings. The van der Waals surface area contributed by atoms with Gasteiger partial charge in [0.05, 0.1) is 6.04 Å². The van der Waals surface area contributed by atoms with E-state index in [9.17, 15) is 0 Å². The number of hydrogen-bond acceptors (Lipinski definition) is 2. The third-order valence-corrected chi connectivity index (χ3v) is 14.4. The summed E-state index contributed by atoms with van der Waals surface area (Å²) in [5.41, 5.74) is 18.0. The van der Waals surface area contributed by atoms with Gasteiger partial charge in [-0.3, -0.25) is 0 Å². The standard InChI is InChI=1S/C48H46N2S/c1-2-13-32(14-3-1)49-43-22-10-7-19-39(43)48-38(20-12-23-45(48)49)35-16-5-4-15-34(35)31-25-27-44-40(29-31)36-17-6-9-21-42(36)50(44)33-26-28-47-41(30-33)37-18-8-11-24-46(37)51-47/h4-7,11-13,15-17,19,23-30,38,40-41,44,47H,1-3,8-10,14,18,20-22H2. The summed E-state index contributed by atoms with van der Waals surface area (Å²) < 4.78 is 2.68. The molecule has 9 aliphatic rings. The van der Waals surface area contributed by atoms with E-state index in [4.69, 9.17) is 0 Å². The third-order valence-electron chi connectivity index (χ3n) is 13.0. The van der Waals surface area contributed by atoms with Crippen LogP contribution in [0.2, 0.25) is 0 Å². The van der Waals surface area contributed by atoms with Crippen molar-refractivity contribution in [3.63, 3.8) is 0 Å². The predicted octanol–water partition coefficient (Wildman–Crippen LogP) is 12.1. The van der Waals surface area contributed by atoms with Gasteiger partial charge in [0.25, 0.3) is 0 Å². The molecule has 1 aromatic carbocycles. The predicted molar refractivity (Wildman–Crippen MR) is 216 cm³/mol. The van der Waals surface area contributed by atoms with Crippen LogP contribution in [0.5, 0.6) is 0 Å². The number of thioether (sulfide) groups is 1. The Balaban J connectivity index is 0.973. The molecule has 5 atom stereocenters. The Hall–Kier alpha value is -4.21. The highest BCUT2D eigenvalue weighted by Crippen LogP contribution is 2.53. The Bertz CT molecular complexity index is 2200. The van der Waals surface area contributed by atoms with Crippen LogP contribution in [-0.2, 0) is 6.42 Å². The molecule has 11 rings (SSSR count). The van der Waals surface area contributed by atoms with E-state index in [0.29, 0.717) is 29.0 Å². The minimum absolute atomic E-state index is 0.328. The number of allylic oxidation sites excluding steroid dienone is 14. The first-order valence-corrected chi connectivity index (χ1v) is 20.6. The maximum Gasteiger partial charge on any atom is 0.0626 e. The lowest BCUT2D eigenvalue weighted by Gasteiger charge is -2.35. The van der Waals surface area contributed by atoms with Gasteiger partial charge in [-0.15, -0.1) is 11.8 Å². The van der Waals surface area contributed by atoms with Crippen molar-refractivity contribution in [3.8, 4) is 0 Å². The average Bonchev–Trinajstić information content (AvgIpc) is 3.85. The van der Waals surface area contributed by atoms with E-state index in [1.807, 2.05) is 0 Å². The molecular weight excluding hydrogens is 637 g/mol. The summed E-state index contributed by atoms with van der Waals surface area (Å²) in [6.45, 7) is 0. The van der Waals surface area contributed by atoms with E-state index < -0.39 is 0 Å². The largest absolute Gasteiger partial charge is 0.337 e. The Morgan fingerprint density at radius 2 is 1.63 bits per heavy atom. The second-order valence-corrected chi connectivity index (χ2v) is 17.0. The first kappa shape index (κ1) is 30.4. The zero-order valence-electron chi connectivity index (χ0n) is 29.4. The maximum atomic E-state index is 2.73. The molecule has 3 heteroatoms. The van der Waals surface area contributed by atoms with E-state index in [0.717, 1.165) is 32.1 Å². The number of hydrogen-bond donors (Lipinski definition) is 0. The summed E-state index contributed by atoms with van der Waals surface area (Å²) in [6, 6.07) is 9.70. The molecule has 7 aliphatic carbocycles. The zero-order chi connectivity index (χ0) is 33.5. The first-order valence-electron chi connectivity index (χ1n) is 19.8. The van der Waals surface area contributed by atoms with Crippen molar-refractivity contribution in [1.82, 2.24) is 9.47 Å². The molecule has 51 heavy (non-hydrogen) atoms.